The van der Waals surface area contributed by atoms with Crippen molar-refractivity contribution in [2.24, 2.45) is 0 Å². The van der Waals surface area contributed by atoms with Crippen LogP contribution in [0, 0.1) is 0 Å². The van der Waals surface area contributed by atoms with Crippen LogP contribution < -0.4 is 9.47 Å². The Balaban J connectivity index is 1.94. The van der Waals surface area contributed by atoms with Crippen molar-refractivity contribution in [3.8, 4) is 11.5 Å². The highest BCUT2D eigenvalue weighted by atomic mass is 127. The Labute approximate surface area is 134 Å². The van der Waals surface area contributed by atoms with Gasteiger partial charge in [-0.15, -0.1) is 0 Å². The van der Waals surface area contributed by atoms with Crippen LogP contribution in [0.4, 0.5) is 0 Å². The maximum Gasteiger partial charge on any atom is 0.324 e. The van der Waals surface area contributed by atoms with Crippen LogP contribution in [0.5, 0.6) is 11.5 Å². The molecule has 1 atom stereocenters. The highest BCUT2D eigenvalue weighted by Gasteiger charge is 2.30. The van der Waals surface area contributed by atoms with Gasteiger partial charge >= 0.3 is 5.97 Å². The van der Waals surface area contributed by atoms with Gasteiger partial charge in [0.05, 0.1) is 0 Å². The van der Waals surface area contributed by atoms with Crippen LogP contribution in [-0.2, 0) is 4.79 Å². The van der Waals surface area contributed by atoms with Crippen LogP contribution in [0.1, 0.15) is 46.0 Å². The van der Waals surface area contributed by atoms with E-state index < -0.39 is 0 Å². The smallest absolute Gasteiger partial charge is 0.324 e. The molecular formula is C16H21IO3. The lowest BCUT2D eigenvalue weighted by molar-refractivity contribution is -0.133. The molecule has 1 unspecified atom stereocenters. The lowest BCUT2D eigenvalue weighted by Crippen LogP contribution is -2.27. The van der Waals surface area contributed by atoms with Crippen LogP contribution >= 0.6 is 22.6 Å². The molecule has 2 rings (SSSR count). The van der Waals surface area contributed by atoms with E-state index in [1.165, 1.54) is 12.8 Å². The van der Waals surface area contributed by atoms with Gasteiger partial charge in [0.2, 0.25) is 0 Å². The SMILES string of the molecule is CCC(I)C(=O)Oc1ccc(OC2(C)CCCC2)cc1. The first-order valence-corrected chi connectivity index (χ1v) is 8.42. The fourth-order valence-corrected chi connectivity index (χ4v) is 2.56. The van der Waals surface area contributed by atoms with Crippen LogP contribution in [0.25, 0.3) is 0 Å². The number of alkyl halides is 1. The van der Waals surface area contributed by atoms with E-state index in [1.807, 2.05) is 19.1 Å². The summed E-state index contributed by atoms with van der Waals surface area (Å²) in [7, 11) is 0. The molecule has 4 heteroatoms. The predicted molar refractivity (Wildman–Crippen MR) is 87.7 cm³/mol. The van der Waals surface area contributed by atoms with Crippen molar-refractivity contribution in [3.05, 3.63) is 24.3 Å². The van der Waals surface area contributed by atoms with E-state index in [0.29, 0.717) is 5.75 Å². The van der Waals surface area contributed by atoms with Crippen molar-refractivity contribution in [3.63, 3.8) is 0 Å². The Hall–Kier alpha value is -0.780. The number of esters is 1. The molecule has 0 aromatic heterocycles. The highest BCUT2D eigenvalue weighted by molar-refractivity contribution is 14.1. The molecule has 110 valence electrons. The number of ether oxygens (including phenoxy) is 2. The molecule has 0 saturated heterocycles. The van der Waals surface area contributed by atoms with Crippen molar-refractivity contribution in [1.29, 1.82) is 0 Å². The minimum absolute atomic E-state index is 0.0340. The van der Waals surface area contributed by atoms with E-state index >= 15 is 0 Å². The third-order valence-corrected chi connectivity index (χ3v) is 5.07. The molecule has 1 fully saturated rings. The number of hydrogen-bond acceptors (Lipinski definition) is 3. The van der Waals surface area contributed by atoms with Gasteiger partial charge in [-0.05, 0) is 63.3 Å². The molecule has 0 heterocycles. The Kier molecular flexibility index (Phi) is 5.29. The molecule has 1 aromatic rings. The van der Waals surface area contributed by atoms with E-state index in [2.05, 4.69) is 29.5 Å². The van der Waals surface area contributed by atoms with Crippen LogP contribution in [0.3, 0.4) is 0 Å². The van der Waals surface area contributed by atoms with Gasteiger partial charge < -0.3 is 9.47 Å². The van der Waals surface area contributed by atoms with E-state index in [-0.39, 0.29) is 15.5 Å². The quantitative estimate of drug-likeness (QED) is 0.322. The highest BCUT2D eigenvalue weighted by Crippen LogP contribution is 2.34. The second kappa shape index (κ2) is 6.78. The second-order valence-electron chi connectivity index (χ2n) is 5.53. The number of carbonyl (C=O) groups is 1. The number of carbonyl (C=O) groups excluding carboxylic acids is 1. The maximum atomic E-state index is 11.7. The number of rotatable bonds is 5. The molecule has 3 nitrogen and oxygen atoms in total. The van der Waals surface area contributed by atoms with Crippen LogP contribution in [-0.4, -0.2) is 15.5 Å². The monoisotopic (exact) mass is 388 g/mol. The van der Waals surface area contributed by atoms with E-state index in [0.717, 1.165) is 25.0 Å². The van der Waals surface area contributed by atoms with E-state index in [4.69, 9.17) is 9.47 Å². The summed E-state index contributed by atoms with van der Waals surface area (Å²) in [6, 6.07) is 7.34. The molecule has 0 bridgehead atoms. The largest absolute Gasteiger partial charge is 0.488 e. The topological polar surface area (TPSA) is 35.5 Å². The molecule has 1 saturated carbocycles. The molecule has 1 aromatic carbocycles. The fourth-order valence-electron chi connectivity index (χ4n) is 2.43. The van der Waals surface area contributed by atoms with Gasteiger partial charge in [-0.2, -0.15) is 0 Å². The standard InChI is InChI=1S/C16H21IO3/c1-3-14(17)15(18)19-12-6-8-13(9-7-12)20-16(2)10-4-5-11-16/h6-9,14H,3-5,10-11H2,1-2H3. The molecule has 1 aliphatic carbocycles. The summed E-state index contributed by atoms with van der Waals surface area (Å²) in [5.74, 6) is 1.23. The molecule has 0 radical (unpaired) electrons. The summed E-state index contributed by atoms with van der Waals surface area (Å²) in [5, 5.41) is 0. The van der Waals surface area contributed by atoms with Gasteiger partial charge in [0, 0.05) is 0 Å². The average Bonchev–Trinajstić information content (AvgIpc) is 2.86. The zero-order valence-electron chi connectivity index (χ0n) is 12.0. The predicted octanol–water partition coefficient (Wildman–Crippen LogP) is 4.52. The first kappa shape index (κ1) is 15.6. The minimum Gasteiger partial charge on any atom is -0.488 e. The van der Waals surface area contributed by atoms with Crippen molar-refractivity contribution in [1.82, 2.24) is 0 Å². The Morgan fingerprint density at radius 1 is 1.25 bits per heavy atom. The summed E-state index contributed by atoms with van der Waals surface area (Å²) in [4.78, 5) is 11.7. The maximum absolute atomic E-state index is 11.7. The summed E-state index contributed by atoms with van der Waals surface area (Å²) < 4.78 is 11.3. The number of halogens is 1. The van der Waals surface area contributed by atoms with Crippen molar-refractivity contribution >= 4 is 28.6 Å². The number of hydrogen-bond donors (Lipinski definition) is 0. The Morgan fingerprint density at radius 2 is 1.80 bits per heavy atom. The summed E-state index contributed by atoms with van der Waals surface area (Å²) in [6.45, 7) is 4.13. The molecule has 0 spiro atoms. The van der Waals surface area contributed by atoms with Crippen molar-refractivity contribution < 1.29 is 14.3 Å². The molecule has 0 amide bonds. The van der Waals surface area contributed by atoms with Gasteiger partial charge in [0.25, 0.3) is 0 Å². The molecule has 0 N–H and O–H groups in total. The van der Waals surface area contributed by atoms with Gasteiger partial charge in [-0.3, -0.25) is 4.79 Å². The van der Waals surface area contributed by atoms with E-state index in [1.54, 1.807) is 12.1 Å². The van der Waals surface area contributed by atoms with Gasteiger partial charge in [0.1, 0.15) is 21.0 Å². The summed E-state index contributed by atoms with van der Waals surface area (Å²) >= 11 is 2.10. The average molecular weight is 388 g/mol. The van der Waals surface area contributed by atoms with Crippen LogP contribution in [0.15, 0.2) is 24.3 Å². The lowest BCUT2D eigenvalue weighted by atomic mass is 10.1. The molecule has 0 aliphatic heterocycles. The van der Waals surface area contributed by atoms with Crippen molar-refractivity contribution in [2.45, 2.75) is 55.5 Å². The number of benzene rings is 1. The zero-order valence-corrected chi connectivity index (χ0v) is 14.2. The Bertz CT molecular complexity index is 449. The normalized spacial score (nSPS) is 18.6. The second-order valence-corrected chi connectivity index (χ2v) is 7.03. The molecule has 1 aliphatic rings. The first-order valence-electron chi connectivity index (χ1n) is 7.17. The van der Waals surface area contributed by atoms with Gasteiger partial charge in [-0.1, -0.05) is 29.5 Å². The summed E-state index contributed by atoms with van der Waals surface area (Å²) in [6.07, 6.45) is 5.47. The first-order chi connectivity index (χ1) is 9.52. The minimum atomic E-state index is -0.190. The fraction of sp³-hybridized carbons (Fsp3) is 0.562. The molecule has 20 heavy (non-hydrogen) atoms. The third-order valence-electron chi connectivity index (χ3n) is 3.68. The van der Waals surface area contributed by atoms with Crippen molar-refractivity contribution in [2.75, 3.05) is 0 Å². The Morgan fingerprint density at radius 3 is 2.35 bits per heavy atom. The van der Waals surface area contributed by atoms with E-state index in [9.17, 15) is 4.79 Å². The van der Waals surface area contributed by atoms with Crippen LogP contribution in [0.2, 0.25) is 0 Å². The lowest BCUT2D eigenvalue weighted by Gasteiger charge is -2.25. The van der Waals surface area contributed by atoms with Gasteiger partial charge in [0.15, 0.2) is 0 Å². The molecular weight excluding hydrogens is 367 g/mol. The summed E-state index contributed by atoms with van der Waals surface area (Å²) in [5.41, 5.74) is -0.0340. The third kappa shape index (κ3) is 4.11. The van der Waals surface area contributed by atoms with Gasteiger partial charge in [-0.25, -0.2) is 0 Å². The zero-order chi connectivity index (χ0) is 14.6.